The van der Waals surface area contributed by atoms with Gasteiger partial charge in [-0.2, -0.15) is 0 Å². The van der Waals surface area contributed by atoms with Gasteiger partial charge in [-0.1, -0.05) is 0 Å². The first-order valence-electron chi connectivity index (χ1n) is 32.5. The van der Waals surface area contributed by atoms with Crippen molar-refractivity contribution in [2.24, 2.45) is 0 Å². The number of anilines is 5. The first-order valence-corrected chi connectivity index (χ1v) is 37.2. The van der Waals surface area contributed by atoms with E-state index in [4.69, 9.17) is 61.8 Å². The number of pyridine rings is 7. The monoisotopic (exact) mass is 1930 g/mol. The van der Waals surface area contributed by atoms with Gasteiger partial charge in [-0.25, -0.2) is 84.7 Å². The molecule has 12 heterocycles. The quantitative estimate of drug-likeness (QED) is 0.0371. The summed E-state index contributed by atoms with van der Waals surface area (Å²) in [6, 6.07) is 21.1. The van der Waals surface area contributed by atoms with Crippen LogP contribution >= 0.6 is 95.6 Å². The van der Waals surface area contributed by atoms with E-state index >= 15 is 0 Å². The van der Waals surface area contributed by atoms with Gasteiger partial charge in [0.1, 0.15) is 0 Å². The average Bonchev–Trinajstić information content (AvgIpc) is 0.820. The maximum absolute atomic E-state index is 12.1. The van der Waals surface area contributed by atoms with Gasteiger partial charge in [-0.05, 0) is 175 Å². The van der Waals surface area contributed by atoms with Crippen molar-refractivity contribution in [3.05, 3.63) is 215 Å². The van der Waals surface area contributed by atoms with Crippen LogP contribution in [0.5, 0.6) is 41.2 Å². The summed E-state index contributed by atoms with van der Waals surface area (Å²) >= 11 is 19.8. The number of methoxy groups -OCH3 is 7. The van der Waals surface area contributed by atoms with E-state index < -0.39 is 0 Å². The number of nitrogens with two attached hydrogens (primary N) is 5. The highest BCUT2D eigenvalue weighted by Gasteiger charge is 2.18. The number of hydrogen-bond donors (Lipinski definition) is 5. The molecule has 0 atom stereocenters. The number of carbonyl (C=O) groups is 3. The number of halogens is 6. The zero-order valence-corrected chi connectivity index (χ0v) is 72.4. The van der Waals surface area contributed by atoms with Crippen molar-refractivity contribution in [3.63, 3.8) is 0 Å². The van der Waals surface area contributed by atoms with Crippen molar-refractivity contribution < 1.29 is 47.5 Å². The zero-order chi connectivity index (χ0) is 83.6. The lowest BCUT2D eigenvalue weighted by molar-refractivity contribution is 0.101. The number of ether oxygens (including phenoxy) is 7. The second kappa shape index (κ2) is 46.1. The number of allylic oxidation sites excluding steroid dienone is 2. The second-order valence-electron chi connectivity index (χ2n) is 22.4. The minimum absolute atomic E-state index is 0.0755. The number of Topliss-reactive ketones (excluding diaryl/α,β-unsaturated/α-hetero) is 1. The van der Waals surface area contributed by atoms with Crippen molar-refractivity contribution >= 4 is 143 Å². The van der Waals surface area contributed by atoms with Crippen LogP contribution in [0.1, 0.15) is 38.0 Å². The first kappa shape index (κ1) is 90.9. The van der Waals surface area contributed by atoms with Crippen LogP contribution in [0, 0.1) is 0 Å². The Bertz CT molecular complexity index is 5260. The second-order valence-corrected chi connectivity index (χ2v) is 27.8. The van der Waals surface area contributed by atoms with E-state index in [1.165, 1.54) is 65.2 Å². The Labute approximate surface area is 705 Å². The Kier molecular flexibility index (Phi) is 36.8. The molecule has 34 nitrogen and oxygen atoms in total. The molecule has 0 unspecified atom stereocenters. The van der Waals surface area contributed by atoms with E-state index in [-0.39, 0.29) is 47.1 Å². The number of nitrogen functional groups attached to an aromatic ring is 5. The van der Waals surface area contributed by atoms with Gasteiger partial charge in [0.15, 0.2) is 17.3 Å². The fraction of sp³-hybridized carbons (Fsp3) is 0.162. The van der Waals surface area contributed by atoms with Gasteiger partial charge in [-0.3, -0.25) is 14.4 Å². The fourth-order valence-corrected chi connectivity index (χ4v) is 11.7. The molecule has 12 aromatic heterocycles. The number of carbonyl (C=O) groups excluding carboxylic acids is 3. The highest BCUT2D eigenvalue weighted by atomic mass is 79.9. The largest absolute Gasteiger partial charge is 0.481 e. The molecule has 12 rings (SSSR count). The Morgan fingerprint density at radius 1 is 0.333 bits per heavy atom. The maximum Gasteiger partial charge on any atom is 0.227 e. The zero-order valence-electron chi connectivity index (χ0n) is 62.9. The Morgan fingerprint density at radius 3 is 0.982 bits per heavy atom. The number of rotatable bonds is 19. The summed E-state index contributed by atoms with van der Waals surface area (Å²) in [4.78, 5) is 107. The van der Waals surface area contributed by atoms with Crippen molar-refractivity contribution in [2.75, 3.05) is 107 Å². The number of aromatic nitrogens is 17. The number of nitrogens with zero attached hydrogens (tertiary/aromatic N) is 19. The SMILES string of the molecule is COc1ncc(-c2ccnc(N)n2)cc1-c1ccnc(N)n1.COc1ncc(Br)cc1-c1ccnc(N)n1.COc1ncc(Br)cc1Br.COc1ncc(Br)cc1Br.COc1ncc(Br)cc1C(=O)/C=C/N(C)C.COc1ncc(C(=O)/C=C/N(C)C)cc1-c1ccnc(N)n1.COc1ncc(C(C)=O)cc1-c1ccnc(N)n1. The molecule has 0 aliphatic rings. The van der Waals surface area contributed by atoms with Crippen LogP contribution in [-0.2, 0) is 0 Å². The summed E-state index contributed by atoms with van der Waals surface area (Å²) in [6.45, 7) is 1.47. The summed E-state index contributed by atoms with van der Waals surface area (Å²) in [6.07, 6.45) is 25.3. The molecule has 0 fully saturated rings. The third-order valence-corrected chi connectivity index (χ3v) is 16.7. The summed E-state index contributed by atoms with van der Waals surface area (Å²) in [5.74, 6) is 3.74. The molecule has 114 heavy (non-hydrogen) atoms. The predicted molar refractivity (Wildman–Crippen MR) is 453 cm³/mol. The molecule has 0 aromatic carbocycles. The Balaban J connectivity index is 0.000000210. The van der Waals surface area contributed by atoms with Gasteiger partial charge in [0, 0.05) is 162 Å². The minimum Gasteiger partial charge on any atom is -0.481 e. The summed E-state index contributed by atoms with van der Waals surface area (Å²) in [5, 5.41) is 0. The molecule has 40 heteroatoms. The van der Waals surface area contributed by atoms with E-state index in [9.17, 15) is 14.4 Å². The van der Waals surface area contributed by atoms with Crippen LogP contribution in [-0.4, -0.2) is 190 Å². The van der Waals surface area contributed by atoms with E-state index in [1.54, 1.807) is 149 Å². The summed E-state index contributed by atoms with van der Waals surface area (Å²) < 4.78 is 40.8. The highest BCUT2D eigenvalue weighted by Crippen LogP contribution is 2.34. The van der Waals surface area contributed by atoms with Crippen LogP contribution in [0.3, 0.4) is 0 Å². The van der Waals surface area contributed by atoms with Crippen LogP contribution in [0.15, 0.2) is 199 Å². The van der Waals surface area contributed by atoms with Crippen molar-refractivity contribution in [3.8, 4) is 97.4 Å². The van der Waals surface area contributed by atoms with Gasteiger partial charge in [0.05, 0.1) is 115 Å². The molecular formula is C74H74Br6N24O10. The first-order chi connectivity index (χ1) is 54.5. The molecule has 0 saturated carbocycles. The van der Waals surface area contributed by atoms with Crippen molar-refractivity contribution in [1.82, 2.24) is 94.5 Å². The summed E-state index contributed by atoms with van der Waals surface area (Å²) in [5.41, 5.74) is 35.8. The highest BCUT2D eigenvalue weighted by molar-refractivity contribution is 9.11. The Hall–Kier alpha value is -12.0. The fourth-order valence-electron chi connectivity index (χ4n) is 8.76. The normalized spacial score (nSPS) is 10.2. The molecule has 0 aliphatic carbocycles. The maximum atomic E-state index is 12.1. The number of ketones is 3. The third kappa shape index (κ3) is 28.6. The number of hydrogen-bond acceptors (Lipinski definition) is 34. The average molecular weight is 1940 g/mol. The van der Waals surface area contributed by atoms with Gasteiger partial charge in [0.25, 0.3) is 0 Å². The standard InChI is InChI=1S/C15H17N5O2.C14H13N7O.C12H12N4O2.C11H13BrN2O2.C10H9BrN4O.2C6H5Br2NO/c1-20(2)7-5-13(21)10-8-11(14(22-3)18-9-10)12-4-6-17-15(16)19-12;1-22-12-9(11-3-5-18-14(16)21-11)6-8(7-19-12)10-2-4-17-13(15)20-10;1-7(17)8-5-9(11(18-2)15-6-8)10-3-4-14-12(13)16-10;1-14(2)5-4-10(15)9-6-8(12)7-13-11(9)16-3;1-16-9-7(4-6(11)5-14-9)8-2-3-13-10(12)15-8;2*1-10-6-5(8)2-4(7)3-9-6/h4-9H,1-3H3,(H2,16,17,19);2-7H,1H3,(H2,15,17,20)(H2,16,18,21);3-6H,1-2H3,(H2,13,14,16);4-7H,1-3H3;2-5H,1H3,(H2,12,13,15);2*2-3H,1H3/b7-5+;;;5-4+;;;. The van der Waals surface area contributed by atoms with E-state index in [0.717, 1.165) is 38.0 Å². The lowest BCUT2D eigenvalue weighted by Gasteiger charge is -2.09. The smallest absolute Gasteiger partial charge is 0.227 e. The molecular weight excluding hydrogens is 1860 g/mol. The lowest BCUT2D eigenvalue weighted by atomic mass is 10.1. The van der Waals surface area contributed by atoms with E-state index in [0.29, 0.717) is 103 Å². The third-order valence-electron chi connectivity index (χ3n) is 13.9. The van der Waals surface area contributed by atoms with Crippen LogP contribution in [0.25, 0.3) is 56.3 Å². The molecule has 0 spiro atoms. The Morgan fingerprint density at radius 2 is 0.623 bits per heavy atom. The van der Waals surface area contributed by atoms with Gasteiger partial charge in [0.2, 0.25) is 70.9 Å². The topological polar surface area (TPSA) is 472 Å². The van der Waals surface area contributed by atoms with Gasteiger partial charge in [-0.15, -0.1) is 0 Å². The van der Waals surface area contributed by atoms with Crippen molar-refractivity contribution in [2.45, 2.75) is 6.92 Å². The summed E-state index contributed by atoms with van der Waals surface area (Å²) in [7, 11) is 18.1. The van der Waals surface area contributed by atoms with Crippen molar-refractivity contribution in [1.29, 1.82) is 0 Å². The van der Waals surface area contributed by atoms with E-state index in [2.05, 4.69) is 180 Å². The molecule has 10 N–H and O–H groups in total. The molecule has 0 aliphatic heterocycles. The minimum atomic E-state index is -0.160. The molecule has 0 saturated heterocycles. The van der Waals surface area contributed by atoms with E-state index in [1.807, 2.05) is 52.5 Å². The molecule has 592 valence electrons. The lowest BCUT2D eigenvalue weighted by Crippen LogP contribution is -2.05. The molecule has 12 aromatic rings. The van der Waals surface area contributed by atoms with Crippen LogP contribution in [0.2, 0.25) is 0 Å². The predicted octanol–water partition coefficient (Wildman–Crippen LogP) is 13.1. The van der Waals surface area contributed by atoms with Gasteiger partial charge < -0.3 is 71.6 Å². The molecule has 0 bridgehead atoms. The molecule has 0 radical (unpaired) electrons. The van der Waals surface area contributed by atoms with Crippen LogP contribution < -0.4 is 61.8 Å². The molecule has 0 amide bonds. The van der Waals surface area contributed by atoms with Gasteiger partial charge >= 0.3 is 0 Å². The van der Waals surface area contributed by atoms with Crippen LogP contribution in [0.4, 0.5) is 29.7 Å².